The Bertz CT molecular complexity index is 338. The molecule has 96 valence electrons. The molecular weight excluding hydrogens is 248 g/mol. The number of nitrogens with one attached hydrogen (secondary N) is 1. The minimum atomic E-state index is 0.738. The molecule has 4 heteroatoms. The van der Waals surface area contributed by atoms with Gasteiger partial charge in [-0.3, -0.25) is 0 Å². The van der Waals surface area contributed by atoms with E-state index in [4.69, 9.17) is 0 Å². The van der Waals surface area contributed by atoms with Crippen molar-refractivity contribution in [2.75, 3.05) is 6.54 Å². The third-order valence-electron chi connectivity index (χ3n) is 3.17. The van der Waals surface area contributed by atoms with Crippen LogP contribution in [-0.4, -0.2) is 22.8 Å². The molecule has 2 nitrogen and oxygen atoms in total. The number of thiazole rings is 1. The van der Waals surface area contributed by atoms with Crippen molar-refractivity contribution in [1.29, 1.82) is 0 Å². The Morgan fingerprint density at radius 1 is 1.53 bits per heavy atom. The zero-order chi connectivity index (χ0) is 12.1. The maximum atomic E-state index is 4.55. The Hall–Kier alpha value is -0.0600. The quantitative estimate of drug-likeness (QED) is 0.879. The van der Waals surface area contributed by atoms with E-state index >= 15 is 0 Å². The molecule has 2 atom stereocenters. The highest BCUT2D eigenvalue weighted by molar-refractivity contribution is 8.01. The van der Waals surface area contributed by atoms with Crippen LogP contribution < -0.4 is 5.32 Å². The lowest BCUT2D eigenvalue weighted by atomic mass is 9.95. The first-order chi connectivity index (χ1) is 8.28. The molecule has 17 heavy (non-hydrogen) atoms. The van der Waals surface area contributed by atoms with Crippen LogP contribution in [0.4, 0.5) is 0 Å². The summed E-state index contributed by atoms with van der Waals surface area (Å²) in [7, 11) is 0. The normalized spacial score (nSPS) is 25.1. The van der Waals surface area contributed by atoms with Gasteiger partial charge in [0.2, 0.25) is 0 Å². The van der Waals surface area contributed by atoms with E-state index in [1.807, 2.05) is 11.8 Å². The van der Waals surface area contributed by atoms with E-state index in [-0.39, 0.29) is 0 Å². The van der Waals surface area contributed by atoms with Gasteiger partial charge in [-0.15, -0.1) is 11.3 Å². The van der Waals surface area contributed by atoms with Gasteiger partial charge in [-0.25, -0.2) is 4.98 Å². The summed E-state index contributed by atoms with van der Waals surface area (Å²) in [6.07, 6.45) is 6.62. The van der Waals surface area contributed by atoms with Gasteiger partial charge in [0.15, 0.2) is 0 Å². The summed E-state index contributed by atoms with van der Waals surface area (Å²) in [5, 5.41) is 6.58. The van der Waals surface area contributed by atoms with Crippen LogP contribution in [0.25, 0.3) is 0 Å². The van der Waals surface area contributed by atoms with Gasteiger partial charge in [-0.1, -0.05) is 25.1 Å². The summed E-state index contributed by atoms with van der Waals surface area (Å²) in [4.78, 5) is 4.55. The summed E-state index contributed by atoms with van der Waals surface area (Å²) >= 11 is 3.78. The minimum absolute atomic E-state index is 0.738. The van der Waals surface area contributed by atoms with Gasteiger partial charge < -0.3 is 5.32 Å². The first-order valence-corrected chi connectivity index (χ1v) is 8.36. The Morgan fingerprint density at radius 3 is 3.12 bits per heavy atom. The van der Waals surface area contributed by atoms with Crippen molar-refractivity contribution in [3.05, 3.63) is 11.1 Å². The molecule has 1 aliphatic rings. The molecule has 0 bridgehead atoms. The maximum absolute atomic E-state index is 4.55. The standard InChI is InChI=1S/C13H22N2S2/c1-3-7-14-11-5-4-6-12(8-11)17-13-15-10(2)9-16-13/h9,11-12,14H,3-8H2,1-2H3. The van der Waals surface area contributed by atoms with Gasteiger partial charge in [0.25, 0.3) is 0 Å². The first kappa shape index (κ1) is 13.4. The molecule has 0 amide bonds. The summed E-state index contributed by atoms with van der Waals surface area (Å²) in [6, 6.07) is 0.738. The average Bonchev–Trinajstić information content (AvgIpc) is 2.73. The van der Waals surface area contributed by atoms with E-state index < -0.39 is 0 Å². The zero-order valence-corrected chi connectivity index (χ0v) is 12.4. The third kappa shape index (κ3) is 4.27. The molecular formula is C13H22N2S2. The molecule has 1 N–H and O–H groups in total. The van der Waals surface area contributed by atoms with E-state index in [2.05, 4.69) is 29.5 Å². The third-order valence-corrected chi connectivity index (χ3v) is 5.56. The Balaban J connectivity index is 1.80. The van der Waals surface area contributed by atoms with Gasteiger partial charge in [0.1, 0.15) is 4.34 Å². The van der Waals surface area contributed by atoms with Gasteiger partial charge in [0, 0.05) is 22.4 Å². The second-order valence-corrected chi connectivity index (χ2v) is 7.22. The number of nitrogens with zero attached hydrogens (tertiary/aromatic N) is 1. The lowest BCUT2D eigenvalue weighted by Gasteiger charge is -2.28. The molecule has 2 unspecified atom stereocenters. The second kappa shape index (κ2) is 6.76. The molecule has 1 saturated carbocycles. The number of rotatable bonds is 5. The van der Waals surface area contributed by atoms with Crippen molar-refractivity contribution in [2.45, 2.75) is 61.6 Å². The average molecular weight is 270 g/mol. The molecule has 0 spiro atoms. The second-order valence-electron chi connectivity index (χ2n) is 4.81. The van der Waals surface area contributed by atoms with Gasteiger partial charge in [0.05, 0.1) is 0 Å². The topological polar surface area (TPSA) is 24.9 Å². The fourth-order valence-corrected chi connectivity index (χ4v) is 4.71. The van der Waals surface area contributed by atoms with Crippen LogP contribution in [-0.2, 0) is 0 Å². The number of thioether (sulfide) groups is 1. The van der Waals surface area contributed by atoms with Crippen molar-refractivity contribution in [1.82, 2.24) is 10.3 Å². The molecule has 2 rings (SSSR count). The Morgan fingerprint density at radius 2 is 2.41 bits per heavy atom. The predicted octanol–water partition coefficient (Wildman–Crippen LogP) is 3.85. The van der Waals surface area contributed by atoms with Gasteiger partial charge in [-0.2, -0.15) is 0 Å². The number of aromatic nitrogens is 1. The molecule has 0 aromatic carbocycles. The van der Waals surface area contributed by atoms with Crippen molar-refractivity contribution < 1.29 is 0 Å². The monoisotopic (exact) mass is 270 g/mol. The smallest absolute Gasteiger partial charge is 0.150 e. The number of aryl methyl sites for hydroxylation is 1. The summed E-state index contributed by atoms with van der Waals surface area (Å²) < 4.78 is 1.25. The fourth-order valence-electron chi connectivity index (χ4n) is 2.31. The van der Waals surface area contributed by atoms with E-state index in [9.17, 15) is 0 Å². The number of hydrogen-bond donors (Lipinski definition) is 1. The summed E-state index contributed by atoms with van der Waals surface area (Å²) in [5.74, 6) is 0. The summed E-state index contributed by atoms with van der Waals surface area (Å²) in [6.45, 7) is 5.48. The highest BCUT2D eigenvalue weighted by atomic mass is 32.2. The molecule has 0 aliphatic heterocycles. The highest BCUT2D eigenvalue weighted by Gasteiger charge is 2.22. The van der Waals surface area contributed by atoms with E-state index in [0.29, 0.717) is 0 Å². The molecule has 1 aromatic rings. The van der Waals surface area contributed by atoms with E-state index in [1.165, 1.54) is 43.0 Å². The molecule has 1 heterocycles. The Labute approximate surface area is 113 Å². The first-order valence-electron chi connectivity index (χ1n) is 6.60. The SMILES string of the molecule is CCCNC1CCCC(Sc2nc(C)cs2)C1. The zero-order valence-electron chi connectivity index (χ0n) is 10.7. The maximum Gasteiger partial charge on any atom is 0.150 e. The molecule has 1 aromatic heterocycles. The van der Waals surface area contributed by atoms with Crippen molar-refractivity contribution in [3.63, 3.8) is 0 Å². The van der Waals surface area contributed by atoms with Crippen molar-refractivity contribution in [3.8, 4) is 0 Å². The lowest BCUT2D eigenvalue weighted by Crippen LogP contribution is -2.35. The lowest BCUT2D eigenvalue weighted by molar-refractivity contribution is 0.381. The van der Waals surface area contributed by atoms with Crippen LogP contribution >= 0.6 is 23.1 Å². The van der Waals surface area contributed by atoms with Crippen LogP contribution in [0, 0.1) is 6.92 Å². The molecule has 1 fully saturated rings. The van der Waals surface area contributed by atoms with E-state index in [0.717, 1.165) is 17.0 Å². The van der Waals surface area contributed by atoms with Crippen molar-refractivity contribution >= 4 is 23.1 Å². The highest BCUT2D eigenvalue weighted by Crippen LogP contribution is 2.35. The largest absolute Gasteiger partial charge is 0.314 e. The summed E-state index contributed by atoms with van der Waals surface area (Å²) in [5.41, 5.74) is 1.16. The van der Waals surface area contributed by atoms with Gasteiger partial charge >= 0.3 is 0 Å². The molecule has 0 saturated heterocycles. The molecule has 0 radical (unpaired) electrons. The fraction of sp³-hybridized carbons (Fsp3) is 0.769. The van der Waals surface area contributed by atoms with Crippen LogP contribution in [0.1, 0.15) is 44.7 Å². The Kier molecular flexibility index (Phi) is 5.32. The van der Waals surface area contributed by atoms with Crippen LogP contribution in [0.5, 0.6) is 0 Å². The molecule has 1 aliphatic carbocycles. The predicted molar refractivity (Wildman–Crippen MR) is 77.0 cm³/mol. The van der Waals surface area contributed by atoms with Gasteiger partial charge in [-0.05, 0) is 39.2 Å². The van der Waals surface area contributed by atoms with Crippen LogP contribution in [0.2, 0.25) is 0 Å². The van der Waals surface area contributed by atoms with Crippen LogP contribution in [0.15, 0.2) is 9.72 Å². The minimum Gasteiger partial charge on any atom is -0.314 e. The van der Waals surface area contributed by atoms with Crippen molar-refractivity contribution in [2.24, 2.45) is 0 Å². The van der Waals surface area contributed by atoms with E-state index in [1.54, 1.807) is 11.3 Å². The number of hydrogen-bond acceptors (Lipinski definition) is 4. The van der Waals surface area contributed by atoms with Crippen LogP contribution in [0.3, 0.4) is 0 Å².